The predicted octanol–water partition coefficient (Wildman–Crippen LogP) is 2.59. The van der Waals surface area contributed by atoms with Crippen LogP contribution in [0.3, 0.4) is 0 Å². The van der Waals surface area contributed by atoms with Crippen molar-refractivity contribution in [3.63, 3.8) is 0 Å². The third-order valence-corrected chi connectivity index (χ3v) is 7.72. The highest BCUT2D eigenvalue weighted by molar-refractivity contribution is 5.77. The molecule has 150 valence electrons. The first-order valence-corrected chi connectivity index (χ1v) is 9.95. The second-order valence-electron chi connectivity index (χ2n) is 9.72. The van der Waals surface area contributed by atoms with Crippen molar-refractivity contribution in [3.8, 4) is 0 Å². The molecule has 2 saturated heterocycles. The molecule has 2 heterocycles. The van der Waals surface area contributed by atoms with Crippen LogP contribution in [0, 0.1) is 28.6 Å². The van der Waals surface area contributed by atoms with Gasteiger partial charge in [-0.05, 0) is 51.0 Å². The molecule has 2 unspecified atom stereocenters. The first kappa shape index (κ1) is 18.9. The van der Waals surface area contributed by atoms with E-state index in [1.807, 2.05) is 6.92 Å². The van der Waals surface area contributed by atoms with Gasteiger partial charge in [0.1, 0.15) is 6.10 Å². The van der Waals surface area contributed by atoms with Crippen LogP contribution in [0.4, 0.5) is 0 Å². The third kappa shape index (κ3) is 2.59. The summed E-state index contributed by atoms with van der Waals surface area (Å²) in [6.45, 7) is 11.7. The van der Waals surface area contributed by atoms with E-state index in [2.05, 4.69) is 6.58 Å². The normalized spacial score (nSPS) is 44.3. The second-order valence-corrected chi connectivity index (χ2v) is 9.72. The summed E-state index contributed by atoms with van der Waals surface area (Å²) in [7, 11) is 0. The van der Waals surface area contributed by atoms with Crippen LogP contribution in [0.15, 0.2) is 12.2 Å². The van der Waals surface area contributed by atoms with Crippen molar-refractivity contribution in [2.45, 2.75) is 71.4 Å². The Balaban J connectivity index is 1.46. The Labute approximate surface area is 160 Å². The molecule has 0 radical (unpaired) electrons. The third-order valence-electron chi connectivity index (χ3n) is 7.72. The van der Waals surface area contributed by atoms with Gasteiger partial charge >= 0.3 is 11.9 Å². The second kappa shape index (κ2) is 5.80. The molecular formula is C21H30O6. The summed E-state index contributed by atoms with van der Waals surface area (Å²) in [6, 6.07) is 0. The lowest BCUT2D eigenvalue weighted by Crippen LogP contribution is -2.58. The summed E-state index contributed by atoms with van der Waals surface area (Å²) in [5.74, 6) is -0.878. The Bertz CT molecular complexity index is 697. The molecule has 5 fully saturated rings. The number of carbonyl (C=O) groups excluding carboxylic acids is 2. The number of rotatable bonds is 3. The summed E-state index contributed by atoms with van der Waals surface area (Å²) in [4.78, 5) is 24.4. The van der Waals surface area contributed by atoms with Crippen molar-refractivity contribution in [2.75, 3.05) is 6.61 Å². The highest BCUT2D eigenvalue weighted by Crippen LogP contribution is 2.68. The molecule has 0 amide bonds. The van der Waals surface area contributed by atoms with E-state index in [0.717, 1.165) is 18.4 Å². The molecule has 3 aliphatic carbocycles. The van der Waals surface area contributed by atoms with Crippen LogP contribution in [0.1, 0.15) is 53.4 Å². The standard InChI is InChI=1S/C21H30O6/c1-11-8-21(27-17(11)23)9-20(10-25-21)14-6-15(20)12(2)16(7-14)26-18(24)19(4,5)13(3)22/h11,13-16,22H,2,6-10H2,1,3-5H3/t11-,13?,14-,15+,16-,20?,21-/m0/s1. The molecule has 0 aromatic carbocycles. The highest BCUT2D eigenvalue weighted by atomic mass is 16.7. The summed E-state index contributed by atoms with van der Waals surface area (Å²) in [6.07, 6.45) is 1.97. The van der Waals surface area contributed by atoms with Crippen LogP contribution in [-0.4, -0.2) is 41.6 Å². The average Bonchev–Trinajstić information content (AvgIpc) is 3.10. The molecule has 2 aliphatic heterocycles. The number of aliphatic hydroxyl groups is 1. The Morgan fingerprint density at radius 3 is 2.67 bits per heavy atom. The average molecular weight is 378 g/mol. The van der Waals surface area contributed by atoms with Crippen LogP contribution in [0.5, 0.6) is 0 Å². The Morgan fingerprint density at radius 2 is 2.11 bits per heavy atom. The van der Waals surface area contributed by atoms with Gasteiger partial charge in [-0.15, -0.1) is 0 Å². The summed E-state index contributed by atoms with van der Waals surface area (Å²) >= 11 is 0. The molecule has 27 heavy (non-hydrogen) atoms. The lowest BCUT2D eigenvalue weighted by Gasteiger charge is -2.60. The fourth-order valence-corrected chi connectivity index (χ4v) is 5.37. The number of hydrogen-bond donors (Lipinski definition) is 1. The Morgan fingerprint density at radius 1 is 1.41 bits per heavy atom. The molecule has 2 bridgehead atoms. The van der Waals surface area contributed by atoms with Gasteiger partial charge in [0.05, 0.1) is 24.0 Å². The smallest absolute Gasteiger partial charge is 0.314 e. The van der Waals surface area contributed by atoms with Crippen LogP contribution in [0.2, 0.25) is 0 Å². The van der Waals surface area contributed by atoms with Crippen molar-refractivity contribution in [2.24, 2.45) is 28.6 Å². The first-order valence-electron chi connectivity index (χ1n) is 9.95. The van der Waals surface area contributed by atoms with Gasteiger partial charge in [-0.25, -0.2) is 0 Å². The molecule has 6 heteroatoms. The van der Waals surface area contributed by atoms with Crippen LogP contribution in [0.25, 0.3) is 0 Å². The van der Waals surface area contributed by atoms with E-state index in [4.69, 9.17) is 14.2 Å². The maximum atomic E-state index is 12.5. The van der Waals surface area contributed by atoms with E-state index in [0.29, 0.717) is 25.4 Å². The van der Waals surface area contributed by atoms with Gasteiger partial charge in [0.2, 0.25) is 5.79 Å². The summed E-state index contributed by atoms with van der Waals surface area (Å²) < 4.78 is 17.4. The number of carbonyl (C=O) groups is 2. The molecule has 3 saturated carbocycles. The van der Waals surface area contributed by atoms with E-state index >= 15 is 0 Å². The summed E-state index contributed by atoms with van der Waals surface area (Å²) in [5, 5.41) is 9.85. The molecule has 2 spiro atoms. The molecule has 0 aromatic rings. The maximum absolute atomic E-state index is 12.5. The van der Waals surface area contributed by atoms with Gasteiger partial charge in [-0.3, -0.25) is 9.59 Å². The fraction of sp³-hybridized carbons (Fsp3) is 0.810. The predicted molar refractivity (Wildman–Crippen MR) is 96.3 cm³/mol. The van der Waals surface area contributed by atoms with Crippen molar-refractivity contribution in [3.05, 3.63) is 12.2 Å². The molecule has 5 rings (SSSR count). The lowest BCUT2D eigenvalue weighted by atomic mass is 9.44. The molecule has 7 atom stereocenters. The molecule has 0 aromatic heterocycles. The van der Waals surface area contributed by atoms with Crippen molar-refractivity contribution < 1.29 is 28.9 Å². The van der Waals surface area contributed by atoms with E-state index in [1.165, 1.54) is 0 Å². The molecule has 6 nitrogen and oxygen atoms in total. The molecule has 1 N–H and O–H groups in total. The van der Waals surface area contributed by atoms with Gasteiger partial charge in [-0.1, -0.05) is 13.5 Å². The van der Waals surface area contributed by atoms with Crippen LogP contribution >= 0.6 is 0 Å². The van der Waals surface area contributed by atoms with Gasteiger partial charge < -0.3 is 19.3 Å². The van der Waals surface area contributed by atoms with E-state index < -0.39 is 23.3 Å². The molecule has 5 aliphatic rings. The SMILES string of the molecule is C=C1[C@@H](OC(=O)C(C)(C)C(C)O)C[C@@H]2C[C@H]1C21CO[C@]2(C[C@H](C)C(=O)O2)C1. The van der Waals surface area contributed by atoms with E-state index in [9.17, 15) is 14.7 Å². The minimum Gasteiger partial charge on any atom is -0.457 e. The maximum Gasteiger partial charge on any atom is 0.314 e. The number of aliphatic hydroxyl groups excluding tert-OH is 1. The van der Waals surface area contributed by atoms with Crippen molar-refractivity contribution >= 4 is 11.9 Å². The molecular weight excluding hydrogens is 348 g/mol. The first-order chi connectivity index (χ1) is 12.5. The quantitative estimate of drug-likeness (QED) is 0.600. The van der Waals surface area contributed by atoms with Gasteiger partial charge in [0, 0.05) is 18.3 Å². The van der Waals surface area contributed by atoms with E-state index in [-0.39, 0.29) is 29.3 Å². The Hall–Kier alpha value is -1.40. The number of fused-ring (bicyclic) bond motifs is 2. The van der Waals surface area contributed by atoms with E-state index in [1.54, 1.807) is 20.8 Å². The van der Waals surface area contributed by atoms with Crippen molar-refractivity contribution in [1.82, 2.24) is 0 Å². The number of esters is 2. The van der Waals surface area contributed by atoms with Crippen LogP contribution in [-0.2, 0) is 23.8 Å². The zero-order valence-corrected chi connectivity index (χ0v) is 16.6. The lowest BCUT2D eigenvalue weighted by molar-refractivity contribution is -0.192. The van der Waals surface area contributed by atoms with Crippen LogP contribution < -0.4 is 0 Å². The van der Waals surface area contributed by atoms with Gasteiger partial charge in [-0.2, -0.15) is 0 Å². The minimum absolute atomic E-state index is 0.0515. The topological polar surface area (TPSA) is 82.1 Å². The van der Waals surface area contributed by atoms with Crippen molar-refractivity contribution in [1.29, 1.82) is 0 Å². The number of ether oxygens (including phenoxy) is 3. The van der Waals surface area contributed by atoms with Gasteiger partial charge in [0.15, 0.2) is 0 Å². The summed E-state index contributed by atoms with van der Waals surface area (Å²) in [5.41, 5.74) is -0.0661. The number of hydrogen-bond acceptors (Lipinski definition) is 6. The zero-order valence-electron chi connectivity index (χ0n) is 16.6. The highest BCUT2D eigenvalue weighted by Gasteiger charge is 2.69. The van der Waals surface area contributed by atoms with Gasteiger partial charge in [0.25, 0.3) is 0 Å². The minimum atomic E-state index is -0.950. The monoisotopic (exact) mass is 378 g/mol. The largest absolute Gasteiger partial charge is 0.457 e. The zero-order chi connectivity index (χ0) is 19.8. The fourth-order valence-electron chi connectivity index (χ4n) is 5.37. The Kier molecular flexibility index (Phi) is 4.07.